The average molecular weight is 562 g/mol. The summed E-state index contributed by atoms with van der Waals surface area (Å²) < 4.78 is 5.66. The van der Waals surface area contributed by atoms with Crippen LogP contribution in [0, 0.1) is 0 Å². The van der Waals surface area contributed by atoms with E-state index >= 15 is 0 Å². The highest BCUT2D eigenvalue weighted by Gasteiger charge is 2.38. The number of nitrogens with one attached hydrogen (secondary N) is 3. The van der Waals surface area contributed by atoms with Crippen LogP contribution in [0.4, 0.5) is 0 Å². The van der Waals surface area contributed by atoms with Gasteiger partial charge < -0.3 is 20.7 Å². The van der Waals surface area contributed by atoms with Gasteiger partial charge in [-0.25, -0.2) is 4.99 Å². The number of rotatable bonds is 10. The molecule has 2 aliphatic carbocycles. The Balaban J connectivity index is 0.00000306. The van der Waals surface area contributed by atoms with Gasteiger partial charge in [0.1, 0.15) is 5.75 Å². The second-order valence-electron chi connectivity index (χ2n) is 8.83. The molecule has 0 aromatic heterocycles. The molecule has 7 heteroatoms. The van der Waals surface area contributed by atoms with Gasteiger partial charge in [-0.3, -0.25) is 4.79 Å². The lowest BCUT2D eigenvalue weighted by molar-refractivity contribution is -0.123. The van der Waals surface area contributed by atoms with Gasteiger partial charge in [0.05, 0.1) is 6.54 Å². The van der Waals surface area contributed by atoms with Crippen molar-refractivity contribution in [2.75, 3.05) is 19.7 Å². The summed E-state index contributed by atoms with van der Waals surface area (Å²) in [6.07, 6.45) is 5.84. The molecular formula is C26H35IN4O2. The van der Waals surface area contributed by atoms with E-state index < -0.39 is 0 Å². The molecule has 4 rings (SSSR count). The normalized spacial score (nSPS) is 16.7. The zero-order valence-electron chi connectivity index (χ0n) is 19.3. The van der Waals surface area contributed by atoms with Crippen molar-refractivity contribution in [3.8, 4) is 5.75 Å². The van der Waals surface area contributed by atoms with Crippen LogP contribution in [0.2, 0.25) is 0 Å². The van der Waals surface area contributed by atoms with Gasteiger partial charge >= 0.3 is 0 Å². The molecule has 178 valence electrons. The maximum atomic E-state index is 11.8. The fraction of sp³-hybridized carbons (Fsp3) is 0.462. The van der Waals surface area contributed by atoms with Gasteiger partial charge in [0.25, 0.3) is 5.91 Å². The van der Waals surface area contributed by atoms with Crippen LogP contribution in [0.5, 0.6) is 5.75 Å². The van der Waals surface area contributed by atoms with Gasteiger partial charge in [-0.1, -0.05) is 48.9 Å². The fourth-order valence-corrected chi connectivity index (χ4v) is 4.11. The highest BCUT2D eigenvalue weighted by atomic mass is 127. The minimum absolute atomic E-state index is 0. The quantitative estimate of drug-likeness (QED) is 0.231. The third-order valence-corrected chi connectivity index (χ3v) is 6.27. The van der Waals surface area contributed by atoms with Crippen molar-refractivity contribution in [3.63, 3.8) is 0 Å². The lowest BCUT2D eigenvalue weighted by Crippen LogP contribution is -2.48. The molecule has 0 spiro atoms. The van der Waals surface area contributed by atoms with E-state index in [4.69, 9.17) is 9.73 Å². The van der Waals surface area contributed by atoms with Crippen molar-refractivity contribution < 1.29 is 9.53 Å². The number of carbonyl (C=O) groups is 1. The number of benzene rings is 2. The molecule has 3 N–H and O–H groups in total. The first-order valence-electron chi connectivity index (χ1n) is 11.8. The predicted octanol–water partition coefficient (Wildman–Crippen LogP) is 4.14. The Bertz CT molecular complexity index is 927. The lowest BCUT2D eigenvalue weighted by Gasteiger charge is -2.43. The molecule has 33 heavy (non-hydrogen) atoms. The van der Waals surface area contributed by atoms with Crippen molar-refractivity contribution in [3.05, 3.63) is 65.7 Å². The van der Waals surface area contributed by atoms with Crippen LogP contribution in [0.15, 0.2) is 59.6 Å². The maximum Gasteiger partial charge on any atom is 0.258 e. The molecule has 0 unspecified atom stereocenters. The molecule has 2 aromatic carbocycles. The van der Waals surface area contributed by atoms with Crippen molar-refractivity contribution >= 4 is 35.8 Å². The van der Waals surface area contributed by atoms with Crippen LogP contribution in [0.1, 0.15) is 50.2 Å². The van der Waals surface area contributed by atoms with E-state index in [-0.39, 0.29) is 41.9 Å². The number of nitrogens with zero attached hydrogens (tertiary/aromatic N) is 1. The van der Waals surface area contributed by atoms with Gasteiger partial charge in [-0.2, -0.15) is 0 Å². The molecule has 2 fully saturated rings. The Morgan fingerprint density at radius 1 is 1.09 bits per heavy atom. The molecule has 1 amide bonds. The Morgan fingerprint density at radius 3 is 2.55 bits per heavy atom. The minimum Gasteiger partial charge on any atom is -0.484 e. The summed E-state index contributed by atoms with van der Waals surface area (Å²) in [4.78, 5) is 16.6. The SMILES string of the molecule is CCNC(=NCc1cccc(OCC(=O)NC2CC2)c1)NCC1(c2ccccc2)CCC1.I. The molecule has 0 aliphatic heterocycles. The Morgan fingerprint density at radius 2 is 1.88 bits per heavy atom. The molecular weight excluding hydrogens is 527 g/mol. The van der Waals surface area contributed by atoms with E-state index in [0.717, 1.165) is 37.5 Å². The standard InChI is InChI=1S/C26H34N4O2.HI/c1-2-27-25(29-19-26(14-7-15-26)21-9-4-3-5-10-21)28-17-20-8-6-11-23(16-20)32-18-24(31)30-22-12-13-22;/h3-6,8-11,16,22H,2,7,12-15,17-19H2,1H3,(H,30,31)(H2,27,28,29);1H. The minimum atomic E-state index is -0.0575. The molecule has 0 heterocycles. The number of amides is 1. The first kappa shape index (κ1) is 25.3. The van der Waals surface area contributed by atoms with E-state index in [2.05, 4.69) is 53.2 Å². The molecule has 0 radical (unpaired) electrons. The third-order valence-electron chi connectivity index (χ3n) is 6.27. The molecule has 0 bridgehead atoms. The fourth-order valence-electron chi connectivity index (χ4n) is 4.11. The van der Waals surface area contributed by atoms with Gasteiger partial charge in [0.2, 0.25) is 0 Å². The zero-order valence-corrected chi connectivity index (χ0v) is 21.6. The van der Waals surface area contributed by atoms with Crippen LogP contribution in [0.3, 0.4) is 0 Å². The number of ether oxygens (including phenoxy) is 1. The number of guanidine groups is 1. The average Bonchev–Trinajstić information content (AvgIpc) is 3.60. The van der Waals surface area contributed by atoms with E-state index in [9.17, 15) is 4.79 Å². The second-order valence-corrected chi connectivity index (χ2v) is 8.83. The summed E-state index contributed by atoms with van der Waals surface area (Å²) in [6.45, 7) is 4.36. The Labute approximate surface area is 214 Å². The third kappa shape index (κ3) is 7.35. The summed E-state index contributed by atoms with van der Waals surface area (Å²) in [6, 6.07) is 19.0. The molecule has 0 saturated heterocycles. The van der Waals surface area contributed by atoms with Gasteiger partial charge in [-0.05, 0) is 55.9 Å². The number of hydrogen-bond acceptors (Lipinski definition) is 3. The van der Waals surface area contributed by atoms with Gasteiger partial charge in [0.15, 0.2) is 12.6 Å². The molecule has 0 atom stereocenters. The number of hydrogen-bond donors (Lipinski definition) is 3. The highest BCUT2D eigenvalue weighted by Crippen LogP contribution is 2.43. The zero-order chi connectivity index (χ0) is 22.2. The van der Waals surface area contributed by atoms with Crippen molar-refractivity contribution in [1.82, 2.24) is 16.0 Å². The summed E-state index contributed by atoms with van der Waals surface area (Å²) in [5.41, 5.74) is 2.65. The van der Waals surface area contributed by atoms with Crippen LogP contribution < -0.4 is 20.7 Å². The van der Waals surface area contributed by atoms with Crippen molar-refractivity contribution in [2.24, 2.45) is 4.99 Å². The largest absolute Gasteiger partial charge is 0.484 e. The van der Waals surface area contributed by atoms with Gasteiger partial charge in [0, 0.05) is 24.5 Å². The number of halogens is 1. The molecule has 2 aromatic rings. The Kier molecular flexibility index (Phi) is 9.41. The molecule has 2 aliphatic rings. The molecule has 6 nitrogen and oxygen atoms in total. The van der Waals surface area contributed by atoms with Crippen molar-refractivity contribution in [2.45, 2.75) is 57.0 Å². The van der Waals surface area contributed by atoms with Crippen molar-refractivity contribution in [1.29, 1.82) is 0 Å². The van der Waals surface area contributed by atoms with Gasteiger partial charge in [-0.15, -0.1) is 24.0 Å². The predicted molar refractivity (Wildman–Crippen MR) is 143 cm³/mol. The van der Waals surface area contributed by atoms with E-state index in [1.165, 1.54) is 24.8 Å². The van der Waals surface area contributed by atoms with Crippen LogP contribution >= 0.6 is 24.0 Å². The summed E-state index contributed by atoms with van der Waals surface area (Å²) in [5.74, 6) is 1.46. The van der Waals surface area contributed by atoms with Crippen LogP contribution in [-0.4, -0.2) is 37.6 Å². The van der Waals surface area contributed by atoms with E-state index in [1.54, 1.807) is 0 Å². The number of aliphatic imine (C=N–C) groups is 1. The monoisotopic (exact) mass is 562 g/mol. The summed E-state index contributed by atoms with van der Waals surface area (Å²) in [5, 5.41) is 9.86. The molecule has 2 saturated carbocycles. The van der Waals surface area contributed by atoms with E-state index in [1.807, 2.05) is 24.3 Å². The summed E-state index contributed by atoms with van der Waals surface area (Å²) >= 11 is 0. The van der Waals surface area contributed by atoms with Crippen LogP contribution in [0.25, 0.3) is 0 Å². The smallest absolute Gasteiger partial charge is 0.258 e. The Hall–Kier alpha value is -2.29. The number of carbonyl (C=O) groups excluding carboxylic acids is 1. The van der Waals surface area contributed by atoms with E-state index in [0.29, 0.717) is 18.3 Å². The maximum absolute atomic E-state index is 11.8. The second kappa shape index (κ2) is 12.3. The lowest BCUT2D eigenvalue weighted by atomic mass is 9.64. The topological polar surface area (TPSA) is 74.8 Å². The first-order chi connectivity index (χ1) is 15.7. The first-order valence-corrected chi connectivity index (χ1v) is 11.8. The summed E-state index contributed by atoms with van der Waals surface area (Å²) in [7, 11) is 0. The van der Waals surface area contributed by atoms with Crippen LogP contribution in [-0.2, 0) is 16.8 Å². The highest BCUT2D eigenvalue weighted by molar-refractivity contribution is 14.0.